The van der Waals surface area contributed by atoms with Crippen molar-refractivity contribution in [3.63, 3.8) is 0 Å². The normalized spacial score (nSPS) is 21.9. The van der Waals surface area contributed by atoms with Gasteiger partial charge in [-0.25, -0.2) is 4.98 Å². The van der Waals surface area contributed by atoms with Crippen LogP contribution in [0.4, 0.5) is 11.8 Å². The highest BCUT2D eigenvalue weighted by atomic mass is 16.3. The van der Waals surface area contributed by atoms with Gasteiger partial charge in [0.25, 0.3) is 0 Å². The number of furan rings is 1. The second-order valence-corrected chi connectivity index (χ2v) is 6.03. The molecular formula is C15H19N7O. The van der Waals surface area contributed by atoms with E-state index in [1.165, 1.54) is 4.52 Å². The number of nitrogens with two attached hydrogens (primary N) is 1. The van der Waals surface area contributed by atoms with Crippen LogP contribution in [-0.4, -0.2) is 44.8 Å². The molecule has 4 rings (SSSR count). The van der Waals surface area contributed by atoms with Gasteiger partial charge < -0.3 is 20.4 Å². The Labute approximate surface area is 133 Å². The smallest absolute Gasteiger partial charge is 0.225 e. The van der Waals surface area contributed by atoms with E-state index in [2.05, 4.69) is 39.1 Å². The van der Waals surface area contributed by atoms with E-state index in [0.717, 1.165) is 18.9 Å². The van der Waals surface area contributed by atoms with Crippen molar-refractivity contribution in [2.75, 3.05) is 23.7 Å². The third kappa shape index (κ3) is 2.50. The Morgan fingerprint density at radius 3 is 2.74 bits per heavy atom. The zero-order chi connectivity index (χ0) is 16.0. The maximum absolute atomic E-state index is 6.08. The van der Waals surface area contributed by atoms with E-state index in [4.69, 9.17) is 10.2 Å². The van der Waals surface area contributed by atoms with Gasteiger partial charge in [-0.1, -0.05) is 0 Å². The molecule has 0 bridgehead atoms. The fraction of sp³-hybridized carbons (Fsp3) is 0.400. The molecule has 3 aromatic heterocycles. The van der Waals surface area contributed by atoms with Gasteiger partial charge in [-0.2, -0.15) is 9.50 Å². The predicted molar refractivity (Wildman–Crippen MR) is 87.2 cm³/mol. The number of anilines is 2. The number of hydrogen-bond acceptors (Lipinski definition) is 7. The number of nitrogens with zero attached hydrogens (tertiary/aromatic N) is 5. The first-order valence-corrected chi connectivity index (χ1v) is 7.68. The number of aromatic nitrogens is 4. The molecule has 0 radical (unpaired) electrons. The van der Waals surface area contributed by atoms with Gasteiger partial charge in [0, 0.05) is 31.2 Å². The van der Waals surface area contributed by atoms with Gasteiger partial charge in [0.05, 0.1) is 6.26 Å². The summed E-state index contributed by atoms with van der Waals surface area (Å²) in [5, 5.41) is 7.87. The molecule has 2 unspecified atom stereocenters. The lowest BCUT2D eigenvalue weighted by molar-refractivity contribution is 0.405. The summed E-state index contributed by atoms with van der Waals surface area (Å²) in [5.74, 6) is 2.26. The highest BCUT2D eigenvalue weighted by Crippen LogP contribution is 2.22. The van der Waals surface area contributed by atoms with Gasteiger partial charge in [-0.15, -0.1) is 5.10 Å². The average Bonchev–Trinajstić information content (AvgIpc) is 3.15. The molecule has 4 heterocycles. The van der Waals surface area contributed by atoms with Gasteiger partial charge in [-0.3, -0.25) is 0 Å². The first-order chi connectivity index (χ1) is 11.1. The van der Waals surface area contributed by atoms with Crippen molar-refractivity contribution >= 4 is 17.4 Å². The predicted octanol–water partition coefficient (Wildman–Crippen LogP) is 1.15. The molecule has 8 nitrogen and oxygen atoms in total. The summed E-state index contributed by atoms with van der Waals surface area (Å²) in [6.07, 6.45) is 1.59. The fourth-order valence-corrected chi connectivity index (χ4v) is 3.08. The largest absolute Gasteiger partial charge is 0.461 e. The van der Waals surface area contributed by atoms with Crippen molar-refractivity contribution < 1.29 is 4.42 Å². The lowest BCUT2D eigenvalue weighted by Crippen LogP contribution is -2.54. The molecule has 23 heavy (non-hydrogen) atoms. The van der Waals surface area contributed by atoms with Crippen molar-refractivity contribution in [1.82, 2.24) is 24.9 Å². The van der Waals surface area contributed by atoms with Crippen molar-refractivity contribution in [2.24, 2.45) is 0 Å². The highest BCUT2D eigenvalue weighted by Gasteiger charge is 2.23. The van der Waals surface area contributed by atoms with E-state index >= 15 is 0 Å². The van der Waals surface area contributed by atoms with Crippen LogP contribution in [0, 0.1) is 0 Å². The Hall–Kier alpha value is -2.61. The second kappa shape index (κ2) is 5.24. The first-order valence-electron chi connectivity index (χ1n) is 7.68. The summed E-state index contributed by atoms with van der Waals surface area (Å²) >= 11 is 0. The van der Waals surface area contributed by atoms with Crippen LogP contribution < -0.4 is 16.0 Å². The molecule has 1 aliphatic heterocycles. The summed E-state index contributed by atoms with van der Waals surface area (Å²) < 4.78 is 6.88. The van der Waals surface area contributed by atoms with E-state index < -0.39 is 0 Å². The minimum absolute atomic E-state index is 0.321. The number of nitrogens with one attached hydrogen (secondary N) is 1. The Kier molecular flexibility index (Phi) is 3.19. The number of fused-ring (bicyclic) bond motifs is 1. The number of hydrogen-bond donors (Lipinski definition) is 2. The minimum atomic E-state index is 0.321. The lowest BCUT2D eigenvalue weighted by atomic mass is 10.1. The van der Waals surface area contributed by atoms with Crippen molar-refractivity contribution in [3.05, 3.63) is 24.5 Å². The third-order valence-electron chi connectivity index (χ3n) is 3.96. The van der Waals surface area contributed by atoms with E-state index in [1.54, 1.807) is 12.3 Å². The van der Waals surface area contributed by atoms with E-state index in [-0.39, 0.29) is 0 Å². The van der Waals surface area contributed by atoms with Crippen LogP contribution in [0.25, 0.3) is 17.2 Å². The monoisotopic (exact) mass is 313 g/mol. The van der Waals surface area contributed by atoms with Crippen LogP contribution in [0.3, 0.4) is 0 Å². The Bertz CT molecular complexity index is 816. The fourth-order valence-electron chi connectivity index (χ4n) is 3.08. The molecule has 120 valence electrons. The topological polar surface area (TPSA) is 97.5 Å². The molecule has 3 N–H and O–H groups in total. The van der Waals surface area contributed by atoms with Crippen LogP contribution in [0.1, 0.15) is 13.8 Å². The van der Waals surface area contributed by atoms with Gasteiger partial charge in [0.15, 0.2) is 11.4 Å². The molecule has 0 saturated carbocycles. The molecule has 0 aliphatic carbocycles. The van der Waals surface area contributed by atoms with Crippen LogP contribution >= 0.6 is 0 Å². The summed E-state index contributed by atoms with van der Waals surface area (Å²) in [6.45, 7) is 6.09. The highest BCUT2D eigenvalue weighted by molar-refractivity contribution is 5.59. The van der Waals surface area contributed by atoms with Gasteiger partial charge in [0.1, 0.15) is 5.82 Å². The Morgan fingerprint density at radius 2 is 2.04 bits per heavy atom. The standard InChI is InChI=1S/C15H19N7O/c1-9-7-21(8-10(2)17-9)12-6-13-18-14(11-4-3-5-23-11)20-22(13)15(16)19-12/h3-6,9-10,17H,7-8H2,1-2H3,(H2,16,19). The summed E-state index contributed by atoms with van der Waals surface area (Å²) in [5.41, 5.74) is 6.74. The molecule has 3 aromatic rings. The quantitative estimate of drug-likeness (QED) is 0.732. The van der Waals surface area contributed by atoms with Crippen molar-refractivity contribution in [3.8, 4) is 11.6 Å². The molecule has 0 amide bonds. The maximum atomic E-state index is 6.08. The molecule has 8 heteroatoms. The maximum Gasteiger partial charge on any atom is 0.225 e. The molecule has 1 aliphatic rings. The van der Waals surface area contributed by atoms with Crippen molar-refractivity contribution in [1.29, 1.82) is 0 Å². The Balaban J connectivity index is 1.74. The van der Waals surface area contributed by atoms with E-state index in [9.17, 15) is 0 Å². The summed E-state index contributed by atoms with van der Waals surface area (Å²) in [7, 11) is 0. The third-order valence-corrected chi connectivity index (χ3v) is 3.96. The van der Waals surface area contributed by atoms with Crippen LogP contribution in [0.5, 0.6) is 0 Å². The number of rotatable bonds is 2. The first kappa shape index (κ1) is 14.0. The summed E-state index contributed by atoms with van der Waals surface area (Å²) in [4.78, 5) is 11.2. The Morgan fingerprint density at radius 1 is 1.26 bits per heavy atom. The molecule has 2 atom stereocenters. The molecule has 0 spiro atoms. The van der Waals surface area contributed by atoms with Gasteiger partial charge in [0.2, 0.25) is 11.8 Å². The number of nitrogen functional groups attached to an aromatic ring is 1. The van der Waals surface area contributed by atoms with Crippen LogP contribution in [-0.2, 0) is 0 Å². The van der Waals surface area contributed by atoms with Crippen molar-refractivity contribution in [2.45, 2.75) is 25.9 Å². The van der Waals surface area contributed by atoms with E-state index in [1.807, 2.05) is 12.1 Å². The summed E-state index contributed by atoms with van der Waals surface area (Å²) in [6, 6.07) is 6.33. The SMILES string of the molecule is CC1CN(c2cc3nc(-c4ccco4)nn3c(N)n2)CC(C)N1. The average molecular weight is 313 g/mol. The van der Waals surface area contributed by atoms with E-state index in [0.29, 0.717) is 35.3 Å². The lowest BCUT2D eigenvalue weighted by Gasteiger charge is -2.36. The zero-order valence-corrected chi connectivity index (χ0v) is 13.1. The second-order valence-electron chi connectivity index (χ2n) is 6.03. The van der Waals surface area contributed by atoms with Gasteiger partial charge in [-0.05, 0) is 26.0 Å². The number of piperazine rings is 1. The van der Waals surface area contributed by atoms with Gasteiger partial charge >= 0.3 is 0 Å². The minimum Gasteiger partial charge on any atom is -0.461 e. The molecule has 0 aromatic carbocycles. The molecular weight excluding hydrogens is 294 g/mol. The van der Waals surface area contributed by atoms with Crippen LogP contribution in [0.15, 0.2) is 28.9 Å². The molecule has 1 fully saturated rings. The zero-order valence-electron chi connectivity index (χ0n) is 13.1. The van der Waals surface area contributed by atoms with Crippen LogP contribution in [0.2, 0.25) is 0 Å². The molecule has 1 saturated heterocycles.